The van der Waals surface area contributed by atoms with Gasteiger partial charge in [-0.1, -0.05) is 0 Å². The molecule has 0 saturated carbocycles. The Kier molecular flexibility index (Phi) is 4.02. The first kappa shape index (κ1) is 13.5. The molecule has 18 heavy (non-hydrogen) atoms. The summed E-state index contributed by atoms with van der Waals surface area (Å²) in [5, 5.41) is 3.02. The van der Waals surface area contributed by atoms with Crippen molar-refractivity contribution >= 4 is 27.5 Å². The Balaban J connectivity index is 2.36. The van der Waals surface area contributed by atoms with Gasteiger partial charge in [-0.25, -0.2) is 4.39 Å². The van der Waals surface area contributed by atoms with E-state index in [1.165, 1.54) is 6.07 Å². The maximum absolute atomic E-state index is 13.4. The second-order valence-electron chi connectivity index (χ2n) is 4.53. The van der Waals surface area contributed by atoms with Gasteiger partial charge in [0, 0.05) is 12.2 Å². The molecule has 2 rings (SSSR count). The van der Waals surface area contributed by atoms with E-state index in [0.717, 1.165) is 24.1 Å². The van der Waals surface area contributed by atoms with E-state index in [-0.39, 0.29) is 17.8 Å². The lowest BCUT2D eigenvalue weighted by molar-refractivity contribution is -0.121. The van der Waals surface area contributed by atoms with E-state index in [0.29, 0.717) is 11.0 Å². The molecule has 1 aliphatic heterocycles. The summed E-state index contributed by atoms with van der Waals surface area (Å²) in [6, 6.07) is 3.00. The topological polar surface area (TPSA) is 32.3 Å². The van der Waals surface area contributed by atoms with Crippen molar-refractivity contribution in [1.82, 2.24) is 5.32 Å². The third-order valence-corrected chi connectivity index (χ3v) is 3.92. The standard InChI is InChI=1S/C13H16BrFN2O/c1-8-6-10(15)9(14)7-12(8)17-5-3-4-11(16-2)13(17)18/h6-7,11,16H,3-5H2,1-2H3. The molecule has 1 amide bonds. The zero-order valence-electron chi connectivity index (χ0n) is 10.5. The van der Waals surface area contributed by atoms with Crippen LogP contribution in [0.5, 0.6) is 0 Å². The van der Waals surface area contributed by atoms with Gasteiger partial charge in [-0.3, -0.25) is 4.79 Å². The number of piperidine rings is 1. The summed E-state index contributed by atoms with van der Waals surface area (Å²) < 4.78 is 13.8. The SMILES string of the molecule is CNC1CCCN(c2cc(Br)c(F)cc2C)C1=O. The van der Waals surface area contributed by atoms with E-state index in [1.54, 1.807) is 18.0 Å². The molecule has 1 aromatic rings. The maximum atomic E-state index is 13.4. The van der Waals surface area contributed by atoms with Crippen LogP contribution in [0.25, 0.3) is 0 Å². The molecule has 1 aliphatic rings. The number of halogens is 2. The molecule has 1 N–H and O–H groups in total. The van der Waals surface area contributed by atoms with Gasteiger partial charge in [0.1, 0.15) is 5.82 Å². The van der Waals surface area contributed by atoms with Crippen molar-refractivity contribution in [3.8, 4) is 0 Å². The summed E-state index contributed by atoms with van der Waals surface area (Å²) >= 11 is 3.17. The van der Waals surface area contributed by atoms with Crippen molar-refractivity contribution in [3.63, 3.8) is 0 Å². The van der Waals surface area contributed by atoms with Crippen LogP contribution in [-0.2, 0) is 4.79 Å². The Morgan fingerprint density at radius 1 is 1.50 bits per heavy atom. The minimum atomic E-state index is -0.300. The van der Waals surface area contributed by atoms with Gasteiger partial charge in [0.05, 0.1) is 10.5 Å². The number of anilines is 1. The summed E-state index contributed by atoms with van der Waals surface area (Å²) in [5.74, 6) is -0.240. The number of nitrogens with zero attached hydrogens (tertiary/aromatic N) is 1. The highest BCUT2D eigenvalue weighted by molar-refractivity contribution is 9.10. The Hall–Kier alpha value is -0.940. The highest BCUT2D eigenvalue weighted by atomic mass is 79.9. The van der Waals surface area contributed by atoms with Crippen molar-refractivity contribution in [2.45, 2.75) is 25.8 Å². The van der Waals surface area contributed by atoms with Crippen LogP contribution in [0, 0.1) is 12.7 Å². The van der Waals surface area contributed by atoms with Crippen LogP contribution in [0.4, 0.5) is 10.1 Å². The van der Waals surface area contributed by atoms with E-state index in [4.69, 9.17) is 0 Å². The van der Waals surface area contributed by atoms with Crippen molar-refractivity contribution < 1.29 is 9.18 Å². The minimum absolute atomic E-state index is 0.0605. The molecule has 0 bridgehead atoms. The van der Waals surface area contributed by atoms with Crippen LogP contribution in [0.1, 0.15) is 18.4 Å². The van der Waals surface area contributed by atoms with Gasteiger partial charge in [0.2, 0.25) is 5.91 Å². The first-order valence-corrected chi connectivity index (χ1v) is 6.78. The van der Waals surface area contributed by atoms with E-state index < -0.39 is 0 Å². The molecular weight excluding hydrogens is 299 g/mol. The molecule has 1 heterocycles. The lowest BCUT2D eigenvalue weighted by Crippen LogP contribution is -2.50. The molecule has 98 valence electrons. The molecule has 3 nitrogen and oxygen atoms in total. The smallest absolute Gasteiger partial charge is 0.244 e. The second kappa shape index (κ2) is 5.36. The molecule has 1 unspecified atom stereocenters. The zero-order valence-corrected chi connectivity index (χ0v) is 12.1. The number of aryl methyl sites for hydroxylation is 1. The van der Waals surface area contributed by atoms with Crippen molar-refractivity contribution in [2.24, 2.45) is 0 Å². The quantitative estimate of drug-likeness (QED) is 0.910. The second-order valence-corrected chi connectivity index (χ2v) is 5.38. The van der Waals surface area contributed by atoms with Gasteiger partial charge in [0.15, 0.2) is 0 Å². The van der Waals surface area contributed by atoms with Crippen LogP contribution in [-0.4, -0.2) is 25.5 Å². The Labute approximate surface area is 114 Å². The minimum Gasteiger partial charge on any atom is -0.311 e. The first-order chi connectivity index (χ1) is 8.54. The third-order valence-electron chi connectivity index (χ3n) is 3.32. The average molecular weight is 315 g/mol. The fraction of sp³-hybridized carbons (Fsp3) is 0.462. The number of nitrogens with one attached hydrogen (secondary N) is 1. The summed E-state index contributed by atoms with van der Waals surface area (Å²) in [7, 11) is 1.79. The van der Waals surface area contributed by atoms with Gasteiger partial charge in [-0.2, -0.15) is 0 Å². The predicted octanol–water partition coefficient (Wildman–Crippen LogP) is 2.61. The van der Waals surface area contributed by atoms with Crippen LogP contribution < -0.4 is 10.2 Å². The number of benzene rings is 1. The molecule has 5 heteroatoms. The van der Waals surface area contributed by atoms with Gasteiger partial charge in [-0.15, -0.1) is 0 Å². The Bertz CT molecular complexity index is 478. The largest absolute Gasteiger partial charge is 0.311 e. The van der Waals surface area contributed by atoms with Gasteiger partial charge in [0.25, 0.3) is 0 Å². The number of rotatable bonds is 2. The Morgan fingerprint density at radius 2 is 2.22 bits per heavy atom. The number of carbonyl (C=O) groups excluding carboxylic acids is 1. The van der Waals surface area contributed by atoms with Gasteiger partial charge in [-0.05, 0) is 60.4 Å². The lowest BCUT2D eigenvalue weighted by atomic mass is 10.0. The molecule has 1 aromatic carbocycles. The molecule has 0 radical (unpaired) electrons. The molecule has 1 fully saturated rings. The summed E-state index contributed by atoms with van der Waals surface area (Å²) in [6.45, 7) is 2.51. The maximum Gasteiger partial charge on any atom is 0.244 e. The fourth-order valence-electron chi connectivity index (χ4n) is 2.31. The van der Waals surface area contributed by atoms with Crippen LogP contribution in [0.15, 0.2) is 16.6 Å². The van der Waals surface area contributed by atoms with Crippen molar-refractivity contribution in [3.05, 3.63) is 28.0 Å². The number of hydrogen-bond donors (Lipinski definition) is 1. The van der Waals surface area contributed by atoms with Crippen molar-refractivity contribution in [2.75, 3.05) is 18.5 Å². The molecule has 0 spiro atoms. The number of amides is 1. The first-order valence-electron chi connectivity index (χ1n) is 5.99. The fourth-order valence-corrected chi connectivity index (χ4v) is 2.64. The third kappa shape index (κ3) is 2.42. The van der Waals surface area contributed by atoms with Crippen LogP contribution in [0.3, 0.4) is 0 Å². The molecule has 1 saturated heterocycles. The predicted molar refractivity (Wildman–Crippen MR) is 73.3 cm³/mol. The van der Waals surface area contributed by atoms with Crippen molar-refractivity contribution in [1.29, 1.82) is 0 Å². The molecule has 0 aromatic heterocycles. The van der Waals surface area contributed by atoms with E-state index in [9.17, 15) is 9.18 Å². The number of carbonyl (C=O) groups is 1. The van der Waals surface area contributed by atoms with E-state index in [2.05, 4.69) is 21.2 Å². The normalized spacial score (nSPS) is 20.3. The highest BCUT2D eigenvalue weighted by Crippen LogP contribution is 2.29. The highest BCUT2D eigenvalue weighted by Gasteiger charge is 2.29. The zero-order chi connectivity index (χ0) is 13.3. The molecule has 0 aliphatic carbocycles. The Morgan fingerprint density at radius 3 is 2.89 bits per heavy atom. The molecular formula is C13H16BrFN2O. The van der Waals surface area contributed by atoms with E-state index >= 15 is 0 Å². The monoisotopic (exact) mass is 314 g/mol. The number of likely N-dealkylation sites (N-methyl/N-ethyl adjacent to an activating group) is 1. The van der Waals surface area contributed by atoms with Crippen LogP contribution >= 0.6 is 15.9 Å². The summed E-state index contributed by atoms with van der Waals surface area (Å²) in [6.07, 6.45) is 1.80. The lowest BCUT2D eigenvalue weighted by Gasteiger charge is -2.33. The average Bonchev–Trinajstić information content (AvgIpc) is 2.34. The van der Waals surface area contributed by atoms with Crippen LogP contribution in [0.2, 0.25) is 0 Å². The number of hydrogen-bond acceptors (Lipinski definition) is 2. The summed E-state index contributed by atoms with van der Waals surface area (Å²) in [5.41, 5.74) is 1.56. The van der Waals surface area contributed by atoms with E-state index in [1.807, 2.05) is 6.92 Å². The van der Waals surface area contributed by atoms with Gasteiger partial charge < -0.3 is 10.2 Å². The summed E-state index contributed by atoms with van der Waals surface area (Å²) in [4.78, 5) is 14.0. The molecule has 1 atom stereocenters. The van der Waals surface area contributed by atoms with Gasteiger partial charge >= 0.3 is 0 Å².